The van der Waals surface area contributed by atoms with E-state index in [0.717, 1.165) is 0 Å². The lowest BCUT2D eigenvalue weighted by Crippen LogP contribution is -2.51. The molecule has 1 N–H and O–H groups in total. The second kappa shape index (κ2) is 5.19. The molecule has 1 unspecified atom stereocenters. The maximum atomic E-state index is 11.7. The van der Waals surface area contributed by atoms with Gasteiger partial charge in [-0.25, -0.2) is 0 Å². The topological polar surface area (TPSA) is 57.6 Å². The lowest BCUT2D eigenvalue weighted by atomic mass is 9.96. The zero-order valence-corrected chi connectivity index (χ0v) is 10.8. The van der Waals surface area contributed by atoms with E-state index >= 15 is 0 Å². The molecule has 5 heteroatoms. The van der Waals surface area contributed by atoms with Crippen LogP contribution in [0.2, 0.25) is 0 Å². The Balaban J connectivity index is 2.66. The van der Waals surface area contributed by atoms with Gasteiger partial charge >= 0.3 is 0 Å². The minimum Gasteiger partial charge on any atom is -0.387 e. The monoisotopic (exact) mass is 245 g/mol. The fourth-order valence-corrected chi connectivity index (χ4v) is 2.61. The highest BCUT2D eigenvalue weighted by molar-refractivity contribution is 7.98. The number of thioether (sulfide) groups is 1. The van der Waals surface area contributed by atoms with E-state index in [1.807, 2.05) is 13.2 Å². The van der Waals surface area contributed by atoms with E-state index in [2.05, 4.69) is 0 Å². The highest BCUT2D eigenvalue weighted by Gasteiger charge is 2.34. The molecular weight excluding hydrogens is 226 g/mol. The molecule has 0 aromatic heterocycles. The van der Waals surface area contributed by atoms with E-state index in [1.165, 1.54) is 16.7 Å². The summed E-state index contributed by atoms with van der Waals surface area (Å²) in [6.07, 6.45) is 2.69. The van der Waals surface area contributed by atoms with Crippen molar-refractivity contribution < 1.29 is 14.7 Å². The predicted molar refractivity (Wildman–Crippen MR) is 64.1 cm³/mol. The molecule has 0 aromatic rings. The molecule has 4 nitrogen and oxygen atoms in total. The van der Waals surface area contributed by atoms with Gasteiger partial charge in [-0.05, 0) is 19.1 Å². The maximum Gasteiger partial charge on any atom is 0.229 e. The number of carbonyl (C=O) groups excluding carboxylic acids is 2. The van der Waals surface area contributed by atoms with Crippen molar-refractivity contribution in [2.24, 2.45) is 5.92 Å². The summed E-state index contributed by atoms with van der Waals surface area (Å²) in [6, 6.07) is 0. The third-order valence-corrected chi connectivity index (χ3v) is 3.51. The van der Waals surface area contributed by atoms with Gasteiger partial charge in [-0.1, -0.05) is 6.92 Å². The molecule has 2 amide bonds. The Hall–Kier alpha value is -0.550. The zero-order valence-electron chi connectivity index (χ0n) is 10.0. The van der Waals surface area contributed by atoms with Gasteiger partial charge in [0.05, 0.1) is 12.1 Å². The molecule has 1 aliphatic rings. The smallest absolute Gasteiger partial charge is 0.229 e. The van der Waals surface area contributed by atoms with Gasteiger partial charge in [-0.3, -0.25) is 14.5 Å². The van der Waals surface area contributed by atoms with Gasteiger partial charge in [0.15, 0.2) is 0 Å². The maximum absolute atomic E-state index is 11.7. The number of carbonyl (C=O) groups is 2. The average molecular weight is 245 g/mol. The molecule has 1 heterocycles. The minimum absolute atomic E-state index is 0.109. The standard InChI is InChI=1S/C11H19NO3S/c1-8-4-9(13)12(10(14)5-8)6-11(2,15)7-16-3/h8,15H,4-7H2,1-3H3. The summed E-state index contributed by atoms with van der Waals surface area (Å²) in [5.41, 5.74) is -0.995. The molecule has 16 heavy (non-hydrogen) atoms. The van der Waals surface area contributed by atoms with E-state index < -0.39 is 5.60 Å². The first-order valence-corrected chi connectivity index (χ1v) is 6.79. The van der Waals surface area contributed by atoms with E-state index in [-0.39, 0.29) is 24.3 Å². The fraction of sp³-hybridized carbons (Fsp3) is 0.818. The molecule has 0 radical (unpaired) electrons. The summed E-state index contributed by atoms with van der Waals surface area (Å²) in [6.45, 7) is 3.66. The summed E-state index contributed by atoms with van der Waals surface area (Å²) in [5, 5.41) is 10.0. The van der Waals surface area contributed by atoms with Crippen molar-refractivity contribution in [1.82, 2.24) is 4.90 Å². The van der Waals surface area contributed by atoms with Gasteiger partial charge in [0.25, 0.3) is 0 Å². The Morgan fingerprint density at radius 1 is 1.44 bits per heavy atom. The van der Waals surface area contributed by atoms with E-state index in [9.17, 15) is 14.7 Å². The lowest BCUT2D eigenvalue weighted by molar-refractivity contribution is -0.153. The first-order valence-electron chi connectivity index (χ1n) is 5.40. The van der Waals surface area contributed by atoms with Crippen LogP contribution in [0.4, 0.5) is 0 Å². The predicted octanol–water partition coefficient (Wildman–Crippen LogP) is 0.885. The SMILES string of the molecule is CSCC(C)(O)CN1C(=O)CC(C)CC1=O. The molecule has 0 bridgehead atoms. The molecule has 1 rings (SSSR count). The number of nitrogens with zero attached hydrogens (tertiary/aromatic N) is 1. The summed E-state index contributed by atoms with van der Waals surface area (Å²) in [7, 11) is 0. The zero-order chi connectivity index (χ0) is 12.3. The molecule has 0 aliphatic carbocycles. The Morgan fingerprint density at radius 3 is 2.38 bits per heavy atom. The van der Waals surface area contributed by atoms with Crippen molar-refractivity contribution in [1.29, 1.82) is 0 Å². The van der Waals surface area contributed by atoms with Crippen molar-refractivity contribution in [2.45, 2.75) is 32.3 Å². The van der Waals surface area contributed by atoms with E-state index in [0.29, 0.717) is 18.6 Å². The van der Waals surface area contributed by atoms with Crippen LogP contribution in [0, 0.1) is 5.92 Å². The summed E-state index contributed by atoms with van der Waals surface area (Å²) in [4.78, 5) is 24.6. The van der Waals surface area contributed by atoms with Crippen LogP contribution in [0.3, 0.4) is 0 Å². The van der Waals surface area contributed by atoms with Crippen molar-refractivity contribution in [2.75, 3.05) is 18.6 Å². The van der Waals surface area contributed by atoms with Crippen LogP contribution in [0.25, 0.3) is 0 Å². The van der Waals surface area contributed by atoms with Crippen LogP contribution in [-0.2, 0) is 9.59 Å². The summed E-state index contributed by atoms with van der Waals surface area (Å²) >= 11 is 1.50. The first-order chi connectivity index (χ1) is 7.35. The Labute approximate surface area is 100 Å². The molecule has 1 atom stereocenters. The number of piperidine rings is 1. The number of hydrogen-bond acceptors (Lipinski definition) is 4. The first kappa shape index (κ1) is 13.5. The molecule has 1 saturated heterocycles. The highest BCUT2D eigenvalue weighted by Crippen LogP contribution is 2.21. The van der Waals surface area contributed by atoms with Gasteiger partial charge in [0.1, 0.15) is 0 Å². The van der Waals surface area contributed by atoms with Crippen molar-refractivity contribution in [3.63, 3.8) is 0 Å². The Kier molecular flexibility index (Phi) is 4.38. The van der Waals surface area contributed by atoms with Crippen LogP contribution in [0.1, 0.15) is 26.7 Å². The minimum atomic E-state index is -0.995. The number of rotatable bonds is 4. The van der Waals surface area contributed by atoms with Gasteiger partial charge in [0, 0.05) is 18.6 Å². The third-order valence-electron chi connectivity index (χ3n) is 2.60. The van der Waals surface area contributed by atoms with Crippen molar-refractivity contribution >= 4 is 23.6 Å². The van der Waals surface area contributed by atoms with Gasteiger partial charge in [0.2, 0.25) is 11.8 Å². The van der Waals surface area contributed by atoms with Gasteiger partial charge in [-0.2, -0.15) is 11.8 Å². The fourth-order valence-electron chi connectivity index (χ4n) is 1.90. The number of hydrogen-bond donors (Lipinski definition) is 1. The second-order valence-corrected chi connectivity index (χ2v) is 5.68. The average Bonchev–Trinajstić information content (AvgIpc) is 2.11. The molecule has 1 fully saturated rings. The second-order valence-electron chi connectivity index (χ2n) is 4.82. The van der Waals surface area contributed by atoms with Gasteiger partial charge in [-0.15, -0.1) is 0 Å². The quantitative estimate of drug-likeness (QED) is 0.747. The van der Waals surface area contributed by atoms with Crippen LogP contribution >= 0.6 is 11.8 Å². The highest BCUT2D eigenvalue weighted by atomic mass is 32.2. The van der Waals surface area contributed by atoms with E-state index in [4.69, 9.17) is 0 Å². The van der Waals surface area contributed by atoms with Crippen molar-refractivity contribution in [3.8, 4) is 0 Å². The van der Waals surface area contributed by atoms with Crippen LogP contribution in [-0.4, -0.2) is 46.0 Å². The Morgan fingerprint density at radius 2 is 1.94 bits per heavy atom. The van der Waals surface area contributed by atoms with Crippen LogP contribution in [0.15, 0.2) is 0 Å². The van der Waals surface area contributed by atoms with Crippen molar-refractivity contribution in [3.05, 3.63) is 0 Å². The lowest BCUT2D eigenvalue weighted by Gasteiger charge is -2.33. The molecule has 1 aliphatic heterocycles. The molecule has 0 aromatic carbocycles. The number of β-amino-alcohol motifs (C(OH)–C–C–N with tert-alkyl or cyclic N) is 1. The van der Waals surface area contributed by atoms with Crippen LogP contribution in [0.5, 0.6) is 0 Å². The normalized spacial score (nSPS) is 22.4. The summed E-state index contributed by atoms with van der Waals surface area (Å²) in [5.74, 6) is 0.316. The summed E-state index contributed by atoms with van der Waals surface area (Å²) < 4.78 is 0. The molecule has 0 saturated carbocycles. The Bertz CT molecular complexity index is 273. The molecular formula is C11H19NO3S. The van der Waals surface area contributed by atoms with Gasteiger partial charge < -0.3 is 5.11 Å². The number of aliphatic hydroxyl groups is 1. The number of likely N-dealkylation sites (tertiary alicyclic amines) is 1. The van der Waals surface area contributed by atoms with E-state index in [1.54, 1.807) is 6.92 Å². The molecule has 92 valence electrons. The molecule has 0 spiro atoms. The third kappa shape index (κ3) is 3.49. The number of amides is 2. The number of imide groups is 1. The van der Waals surface area contributed by atoms with Crippen LogP contribution < -0.4 is 0 Å². The largest absolute Gasteiger partial charge is 0.387 e.